The summed E-state index contributed by atoms with van der Waals surface area (Å²) >= 11 is 5.59. The second-order valence-electron chi connectivity index (χ2n) is 2.43. The molecule has 1 unspecified atom stereocenters. The lowest BCUT2D eigenvalue weighted by atomic mass is 10.1. The van der Waals surface area contributed by atoms with Gasteiger partial charge >= 0.3 is 0 Å². The molecule has 0 aromatic rings. The first kappa shape index (κ1) is 6.87. The smallest absolute Gasteiger partial charge is 0.0574 e. The first-order valence-corrected chi connectivity index (χ1v) is 3.66. The molecule has 0 bridgehead atoms. The summed E-state index contributed by atoms with van der Waals surface area (Å²) in [6.45, 7) is 0. The third kappa shape index (κ3) is 1.58. The lowest BCUT2D eigenvalue weighted by molar-refractivity contribution is 0.317. The van der Waals surface area contributed by atoms with E-state index in [1.54, 1.807) is 0 Å². The van der Waals surface area contributed by atoms with Gasteiger partial charge in [0.05, 0.1) is 5.71 Å². The molecule has 1 N–H and O–H groups in total. The van der Waals surface area contributed by atoms with Crippen LogP contribution < -0.4 is 0 Å². The van der Waals surface area contributed by atoms with Crippen molar-refractivity contribution in [2.45, 2.75) is 19.3 Å². The van der Waals surface area contributed by atoms with Crippen molar-refractivity contribution in [2.75, 3.05) is 5.88 Å². The topological polar surface area (TPSA) is 32.6 Å². The molecule has 0 amide bonds. The van der Waals surface area contributed by atoms with Crippen LogP contribution in [0.15, 0.2) is 5.16 Å². The van der Waals surface area contributed by atoms with Crippen LogP contribution in [0.5, 0.6) is 0 Å². The predicted molar refractivity (Wildman–Crippen MR) is 37.3 cm³/mol. The van der Waals surface area contributed by atoms with Gasteiger partial charge < -0.3 is 5.21 Å². The Morgan fingerprint density at radius 1 is 1.78 bits per heavy atom. The summed E-state index contributed by atoms with van der Waals surface area (Å²) in [5.74, 6) is 1.25. The lowest BCUT2D eigenvalue weighted by Gasteiger charge is -1.97. The van der Waals surface area contributed by atoms with Gasteiger partial charge in [0, 0.05) is 5.88 Å². The Balaban J connectivity index is 2.38. The SMILES string of the molecule is ON=C1CCC(CCl)C1. The Labute approximate surface area is 59.5 Å². The summed E-state index contributed by atoms with van der Waals surface area (Å²) in [4.78, 5) is 0. The van der Waals surface area contributed by atoms with Gasteiger partial charge in [-0.1, -0.05) is 5.16 Å². The molecule has 1 fully saturated rings. The van der Waals surface area contributed by atoms with Gasteiger partial charge in [0.2, 0.25) is 0 Å². The van der Waals surface area contributed by atoms with Crippen molar-refractivity contribution < 1.29 is 5.21 Å². The Morgan fingerprint density at radius 2 is 2.56 bits per heavy atom. The molecule has 52 valence electrons. The molecule has 1 atom stereocenters. The van der Waals surface area contributed by atoms with Crippen LogP contribution in [0.4, 0.5) is 0 Å². The van der Waals surface area contributed by atoms with Crippen LogP contribution in [-0.2, 0) is 0 Å². The average Bonchev–Trinajstić information content (AvgIpc) is 2.34. The minimum absolute atomic E-state index is 0.553. The number of rotatable bonds is 1. The summed E-state index contributed by atoms with van der Waals surface area (Å²) in [7, 11) is 0. The maximum absolute atomic E-state index is 8.32. The number of hydrogen-bond donors (Lipinski definition) is 1. The average molecular weight is 148 g/mol. The van der Waals surface area contributed by atoms with Crippen LogP contribution >= 0.6 is 11.6 Å². The highest BCUT2D eigenvalue weighted by molar-refractivity contribution is 6.18. The second kappa shape index (κ2) is 3.06. The zero-order valence-corrected chi connectivity index (χ0v) is 5.93. The zero-order chi connectivity index (χ0) is 6.69. The van der Waals surface area contributed by atoms with Gasteiger partial charge in [0.1, 0.15) is 0 Å². The summed E-state index contributed by atoms with van der Waals surface area (Å²) < 4.78 is 0. The van der Waals surface area contributed by atoms with Crippen molar-refractivity contribution in [3.05, 3.63) is 0 Å². The predicted octanol–water partition coefficient (Wildman–Crippen LogP) is 1.86. The van der Waals surface area contributed by atoms with Crippen LogP contribution in [0.1, 0.15) is 19.3 Å². The van der Waals surface area contributed by atoms with Gasteiger partial charge in [-0.15, -0.1) is 11.6 Å². The van der Waals surface area contributed by atoms with E-state index >= 15 is 0 Å². The van der Waals surface area contributed by atoms with E-state index in [0.717, 1.165) is 25.0 Å². The van der Waals surface area contributed by atoms with Gasteiger partial charge in [0.25, 0.3) is 0 Å². The normalized spacial score (nSPS) is 31.7. The Morgan fingerprint density at radius 3 is 2.89 bits per heavy atom. The van der Waals surface area contributed by atoms with Crippen molar-refractivity contribution in [2.24, 2.45) is 11.1 Å². The van der Waals surface area contributed by atoms with Crippen LogP contribution in [0.3, 0.4) is 0 Å². The molecular formula is C6H10ClNO. The molecule has 0 aromatic carbocycles. The van der Waals surface area contributed by atoms with Gasteiger partial charge in [-0.05, 0) is 25.2 Å². The van der Waals surface area contributed by atoms with E-state index in [0.29, 0.717) is 11.8 Å². The quantitative estimate of drug-likeness (QED) is 0.343. The van der Waals surface area contributed by atoms with Crippen molar-refractivity contribution in [1.82, 2.24) is 0 Å². The lowest BCUT2D eigenvalue weighted by Crippen LogP contribution is -1.95. The fraction of sp³-hybridized carbons (Fsp3) is 0.833. The molecule has 0 aliphatic heterocycles. The maximum Gasteiger partial charge on any atom is 0.0574 e. The Hall–Kier alpha value is -0.240. The van der Waals surface area contributed by atoms with E-state index < -0.39 is 0 Å². The van der Waals surface area contributed by atoms with E-state index in [-0.39, 0.29) is 0 Å². The third-order valence-electron chi connectivity index (χ3n) is 1.73. The first-order valence-electron chi connectivity index (χ1n) is 3.12. The summed E-state index contributed by atoms with van der Waals surface area (Å²) in [5.41, 5.74) is 0.903. The molecule has 0 heterocycles. The first-order chi connectivity index (χ1) is 4.36. The van der Waals surface area contributed by atoms with E-state index in [4.69, 9.17) is 16.8 Å². The number of hydrogen-bond acceptors (Lipinski definition) is 2. The van der Waals surface area contributed by atoms with Crippen molar-refractivity contribution in [3.63, 3.8) is 0 Å². The molecule has 3 heteroatoms. The Kier molecular flexibility index (Phi) is 2.34. The van der Waals surface area contributed by atoms with E-state index in [9.17, 15) is 0 Å². The van der Waals surface area contributed by atoms with Crippen LogP contribution in [0.25, 0.3) is 0 Å². The molecule has 1 aliphatic carbocycles. The zero-order valence-electron chi connectivity index (χ0n) is 5.18. The van der Waals surface area contributed by atoms with Gasteiger partial charge in [-0.2, -0.15) is 0 Å². The molecule has 0 spiro atoms. The van der Waals surface area contributed by atoms with Gasteiger partial charge in [-0.3, -0.25) is 0 Å². The molecule has 9 heavy (non-hydrogen) atoms. The van der Waals surface area contributed by atoms with Crippen LogP contribution in [-0.4, -0.2) is 16.8 Å². The summed E-state index contributed by atoms with van der Waals surface area (Å²) in [5, 5.41) is 11.5. The highest BCUT2D eigenvalue weighted by atomic mass is 35.5. The van der Waals surface area contributed by atoms with Crippen LogP contribution in [0, 0.1) is 5.92 Å². The summed E-state index contributed by atoms with van der Waals surface area (Å²) in [6, 6.07) is 0. The standard InChI is InChI=1S/C6H10ClNO/c7-4-5-1-2-6(3-5)8-9/h5,9H,1-4H2. The number of halogens is 1. The third-order valence-corrected chi connectivity index (χ3v) is 2.16. The van der Waals surface area contributed by atoms with E-state index in [2.05, 4.69) is 5.16 Å². The maximum atomic E-state index is 8.32. The van der Waals surface area contributed by atoms with Crippen molar-refractivity contribution in [1.29, 1.82) is 0 Å². The number of alkyl halides is 1. The molecule has 1 saturated carbocycles. The number of oxime groups is 1. The molecule has 2 nitrogen and oxygen atoms in total. The van der Waals surface area contributed by atoms with Gasteiger partial charge in [0.15, 0.2) is 0 Å². The minimum atomic E-state index is 0.553. The molecular weight excluding hydrogens is 138 g/mol. The number of nitrogens with zero attached hydrogens (tertiary/aromatic N) is 1. The monoisotopic (exact) mass is 147 g/mol. The largest absolute Gasteiger partial charge is 0.411 e. The molecule has 0 saturated heterocycles. The van der Waals surface area contributed by atoms with Crippen molar-refractivity contribution >= 4 is 17.3 Å². The highest BCUT2D eigenvalue weighted by Gasteiger charge is 2.19. The molecule has 0 aromatic heterocycles. The highest BCUT2D eigenvalue weighted by Crippen LogP contribution is 2.23. The van der Waals surface area contributed by atoms with Crippen molar-refractivity contribution in [3.8, 4) is 0 Å². The minimum Gasteiger partial charge on any atom is -0.411 e. The molecule has 1 aliphatic rings. The van der Waals surface area contributed by atoms with Crippen LogP contribution in [0.2, 0.25) is 0 Å². The molecule has 0 radical (unpaired) electrons. The van der Waals surface area contributed by atoms with Gasteiger partial charge in [-0.25, -0.2) is 0 Å². The fourth-order valence-corrected chi connectivity index (χ4v) is 1.39. The van der Waals surface area contributed by atoms with E-state index in [1.165, 1.54) is 0 Å². The second-order valence-corrected chi connectivity index (χ2v) is 2.74. The molecule has 1 rings (SSSR count). The summed E-state index contributed by atoms with van der Waals surface area (Å²) in [6.07, 6.45) is 2.90. The van der Waals surface area contributed by atoms with E-state index in [1.807, 2.05) is 0 Å². The fourth-order valence-electron chi connectivity index (χ4n) is 1.13. The Bertz CT molecular complexity index is 124.